The molecule has 2 aromatic heterocycles. The molecule has 2 nitrogen and oxygen atoms in total. The number of aromatic nitrogens is 2. The number of fused-ring (bicyclic) bond motifs is 1. The Morgan fingerprint density at radius 3 is 3.00 bits per heavy atom. The summed E-state index contributed by atoms with van der Waals surface area (Å²) in [6, 6.07) is 6.62. The van der Waals surface area contributed by atoms with Crippen molar-refractivity contribution >= 4 is 11.0 Å². The first-order valence-electron chi connectivity index (χ1n) is 3.23. The van der Waals surface area contributed by atoms with Crippen LogP contribution >= 0.6 is 0 Å². The molecule has 0 saturated carbocycles. The molecule has 0 aromatic carbocycles. The Balaban J connectivity index is 2.83. The Labute approximate surface area is 62.7 Å². The van der Waals surface area contributed by atoms with Crippen LogP contribution in [-0.2, 0) is 0 Å². The van der Waals surface area contributed by atoms with Crippen LogP contribution in [0, 0.1) is 5.95 Å². The first-order chi connectivity index (χ1) is 5.36. The molecule has 0 aliphatic heterocycles. The van der Waals surface area contributed by atoms with E-state index >= 15 is 0 Å². The van der Waals surface area contributed by atoms with Gasteiger partial charge in [0.1, 0.15) is 0 Å². The molecule has 0 amide bonds. The maximum absolute atomic E-state index is 12.5. The van der Waals surface area contributed by atoms with Crippen molar-refractivity contribution in [2.75, 3.05) is 0 Å². The van der Waals surface area contributed by atoms with Crippen molar-refractivity contribution in [3.8, 4) is 0 Å². The quantitative estimate of drug-likeness (QED) is 0.532. The van der Waals surface area contributed by atoms with Gasteiger partial charge in [-0.15, -0.1) is 0 Å². The molecule has 2 aromatic rings. The highest BCUT2D eigenvalue weighted by atomic mass is 19.1. The summed E-state index contributed by atoms with van der Waals surface area (Å²) in [4.78, 5) is 7.49. The molecule has 0 aliphatic carbocycles. The van der Waals surface area contributed by atoms with E-state index in [-0.39, 0.29) is 0 Å². The Morgan fingerprint density at radius 2 is 2.09 bits per heavy atom. The van der Waals surface area contributed by atoms with Gasteiger partial charge in [0.15, 0.2) is 5.65 Å². The van der Waals surface area contributed by atoms with Crippen molar-refractivity contribution < 1.29 is 4.39 Å². The van der Waals surface area contributed by atoms with E-state index in [2.05, 4.69) is 9.97 Å². The molecule has 2 rings (SSSR count). The normalized spacial score (nSPS) is 10.3. The van der Waals surface area contributed by atoms with Crippen LogP contribution in [0.2, 0.25) is 0 Å². The third kappa shape index (κ3) is 1.05. The molecular formula is C8H5FN2. The predicted octanol–water partition coefficient (Wildman–Crippen LogP) is 1.77. The second kappa shape index (κ2) is 2.27. The number of nitrogens with zero attached hydrogens (tertiary/aromatic N) is 2. The summed E-state index contributed by atoms with van der Waals surface area (Å²) in [5.41, 5.74) is 0.451. The second-order valence-electron chi connectivity index (χ2n) is 2.18. The van der Waals surface area contributed by atoms with Crippen LogP contribution in [0.3, 0.4) is 0 Å². The molecule has 0 radical (unpaired) electrons. The average Bonchev–Trinajstić information content (AvgIpc) is 2.04. The molecule has 11 heavy (non-hydrogen) atoms. The van der Waals surface area contributed by atoms with Crippen LogP contribution in [0.25, 0.3) is 11.0 Å². The van der Waals surface area contributed by atoms with Gasteiger partial charge in [-0.2, -0.15) is 9.37 Å². The van der Waals surface area contributed by atoms with Crippen LogP contribution in [0.15, 0.2) is 30.5 Å². The van der Waals surface area contributed by atoms with Gasteiger partial charge >= 0.3 is 0 Å². The molecule has 0 atom stereocenters. The van der Waals surface area contributed by atoms with E-state index in [1.807, 2.05) is 6.07 Å². The number of hydrogen-bond donors (Lipinski definition) is 0. The number of pyridine rings is 2. The Morgan fingerprint density at radius 1 is 1.18 bits per heavy atom. The maximum Gasteiger partial charge on any atom is 0.214 e. The smallest absolute Gasteiger partial charge is 0.214 e. The standard InChI is InChI=1S/C8H5FN2/c9-7-4-3-6-2-1-5-10-8(6)11-7/h1-5H. The fourth-order valence-electron chi connectivity index (χ4n) is 0.930. The SMILES string of the molecule is Fc1ccc2cccnc2n1. The van der Waals surface area contributed by atoms with Crippen molar-refractivity contribution in [3.63, 3.8) is 0 Å². The minimum atomic E-state index is -0.490. The topological polar surface area (TPSA) is 25.8 Å². The Hall–Kier alpha value is -1.51. The molecule has 54 valence electrons. The number of hydrogen-bond acceptors (Lipinski definition) is 2. The summed E-state index contributed by atoms with van der Waals surface area (Å²) < 4.78 is 12.5. The second-order valence-corrected chi connectivity index (χ2v) is 2.18. The third-order valence-corrected chi connectivity index (χ3v) is 1.43. The van der Waals surface area contributed by atoms with E-state index < -0.39 is 5.95 Å². The molecule has 0 aliphatic rings. The molecule has 0 spiro atoms. The van der Waals surface area contributed by atoms with Crippen LogP contribution in [-0.4, -0.2) is 9.97 Å². The van der Waals surface area contributed by atoms with Crippen LogP contribution in [0.1, 0.15) is 0 Å². The van der Waals surface area contributed by atoms with Gasteiger partial charge in [-0.25, -0.2) is 4.98 Å². The van der Waals surface area contributed by atoms with Crippen molar-refractivity contribution in [2.24, 2.45) is 0 Å². The molecule has 0 unspecified atom stereocenters. The minimum Gasteiger partial charge on any atom is -0.237 e. The highest BCUT2D eigenvalue weighted by molar-refractivity contribution is 5.73. The van der Waals surface area contributed by atoms with E-state index in [1.165, 1.54) is 6.07 Å². The van der Waals surface area contributed by atoms with Gasteiger partial charge in [-0.1, -0.05) is 0 Å². The first kappa shape index (κ1) is 6.22. The molecule has 0 fully saturated rings. The van der Waals surface area contributed by atoms with Crippen molar-refractivity contribution in [3.05, 3.63) is 36.4 Å². The monoisotopic (exact) mass is 148 g/mol. The van der Waals surface area contributed by atoms with Gasteiger partial charge in [-0.05, 0) is 24.3 Å². The lowest BCUT2D eigenvalue weighted by Gasteiger charge is -1.92. The summed E-state index contributed by atoms with van der Waals surface area (Å²) in [6.07, 6.45) is 1.59. The average molecular weight is 148 g/mol. The van der Waals surface area contributed by atoms with Gasteiger partial charge < -0.3 is 0 Å². The minimum absolute atomic E-state index is 0.451. The van der Waals surface area contributed by atoms with E-state index in [4.69, 9.17) is 0 Å². The van der Waals surface area contributed by atoms with E-state index in [0.29, 0.717) is 5.65 Å². The highest BCUT2D eigenvalue weighted by Gasteiger charge is 1.94. The third-order valence-electron chi connectivity index (χ3n) is 1.43. The summed E-state index contributed by atoms with van der Waals surface area (Å²) >= 11 is 0. The Bertz CT molecular complexity index is 387. The molecule has 0 bridgehead atoms. The molecular weight excluding hydrogens is 143 g/mol. The van der Waals surface area contributed by atoms with E-state index in [9.17, 15) is 4.39 Å². The maximum atomic E-state index is 12.5. The van der Waals surface area contributed by atoms with Gasteiger partial charge in [0.25, 0.3) is 0 Å². The molecule has 0 saturated heterocycles. The van der Waals surface area contributed by atoms with Crippen LogP contribution in [0.4, 0.5) is 4.39 Å². The summed E-state index contributed by atoms with van der Waals surface area (Å²) in [5.74, 6) is -0.490. The lowest BCUT2D eigenvalue weighted by atomic mass is 10.3. The van der Waals surface area contributed by atoms with Gasteiger partial charge in [0.2, 0.25) is 5.95 Å². The van der Waals surface area contributed by atoms with Crippen molar-refractivity contribution in [1.29, 1.82) is 0 Å². The molecule has 2 heterocycles. The number of halogens is 1. The van der Waals surface area contributed by atoms with Gasteiger partial charge in [-0.3, -0.25) is 0 Å². The lowest BCUT2D eigenvalue weighted by Crippen LogP contribution is -1.85. The van der Waals surface area contributed by atoms with Crippen molar-refractivity contribution in [2.45, 2.75) is 0 Å². The summed E-state index contributed by atoms with van der Waals surface area (Å²) in [6.45, 7) is 0. The van der Waals surface area contributed by atoms with Crippen LogP contribution < -0.4 is 0 Å². The summed E-state index contributed by atoms with van der Waals surface area (Å²) in [5, 5.41) is 0.855. The highest BCUT2D eigenvalue weighted by Crippen LogP contribution is 2.07. The predicted molar refractivity (Wildman–Crippen MR) is 39.5 cm³/mol. The lowest BCUT2D eigenvalue weighted by molar-refractivity contribution is 0.588. The van der Waals surface area contributed by atoms with Gasteiger partial charge in [0, 0.05) is 11.6 Å². The van der Waals surface area contributed by atoms with E-state index in [0.717, 1.165) is 5.39 Å². The van der Waals surface area contributed by atoms with E-state index in [1.54, 1.807) is 18.3 Å². The zero-order chi connectivity index (χ0) is 7.68. The van der Waals surface area contributed by atoms with Crippen molar-refractivity contribution in [1.82, 2.24) is 9.97 Å². The summed E-state index contributed by atoms with van der Waals surface area (Å²) in [7, 11) is 0. The fraction of sp³-hybridized carbons (Fsp3) is 0. The zero-order valence-electron chi connectivity index (χ0n) is 5.66. The number of rotatable bonds is 0. The molecule has 0 N–H and O–H groups in total. The Kier molecular flexibility index (Phi) is 1.28. The largest absolute Gasteiger partial charge is 0.237 e. The van der Waals surface area contributed by atoms with Gasteiger partial charge in [0.05, 0.1) is 0 Å². The molecule has 3 heteroatoms. The first-order valence-corrected chi connectivity index (χ1v) is 3.23. The zero-order valence-corrected chi connectivity index (χ0v) is 5.66. The fourth-order valence-corrected chi connectivity index (χ4v) is 0.930. The van der Waals surface area contributed by atoms with Crippen LogP contribution in [0.5, 0.6) is 0 Å².